The molecule has 0 spiro atoms. The zero-order chi connectivity index (χ0) is 25.8. The average Bonchev–Trinajstić information content (AvgIpc) is 3.01. The molecular weight excluding hydrogens is 702 g/mol. The first kappa shape index (κ1) is 33.8. The zero-order valence-electron chi connectivity index (χ0n) is 26.1. The average molecular weight is 768 g/mol. The van der Waals surface area contributed by atoms with Gasteiger partial charge in [0.1, 0.15) is 0 Å². The third-order valence-electron chi connectivity index (χ3n) is 12.5. The normalized spacial score (nSPS) is 27.7. The molecular formula is C36H66SSn2. The van der Waals surface area contributed by atoms with Crippen molar-refractivity contribution in [1.29, 1.82) is 0 Å². The largest absolute Gasteiger partial charge is 2.00 e. The van der Waals surface area contributed by atoms with Crippen LogP contribution in [0, 0.1) is 0 Å². The quantitative estimate of drug-likeness (QED) is 0.236. The molecule has 0 aromatic carbocycles. The van der Waals surface area contributed by atoms with E-state index in [4.69, 9.17) is 0 Å². The molecule has 0 amide bonds. The predicted molar refractivity (Wildman–Crippen MR) is 180 cm³/mol. The topological polar surface area (TPSA) is 0 Å². The Hall–Kier alpha value is 1.95. The van der Waals surface area contributed by atoms with E-state index in [-0.39, 0.29) is 13.5 Å². The van der Waals surface area contributed by atoms with Gasteiger partial charge in [-0.05, 0) is 0 Å². The Kier molecular flexibility index (Phi) is 16.8. The van der Waals surface area contributed by atoms with Crippen LogP contribution in [0.2, 0.25) is 23.6 Å². The maximum absolute atomic E-state index is 1.67. The Balaban J connectivity index is 0.000000176. The second kappa shape index (κ2) is 19.4. The van der Waals surface area contributed by atoms with Crippen molar-refractivity contribution >= 4 is 53.0 Å². The van der Waals surface area contributed by atoms with Crippen LogP contribution >= 0.6 is 0 Å². The molecule has 0 nitrogen and oxygen atoms in total. The first-order valence-corrected chi connectivity index (χ1v) is 28.5. The summed E-state index contributed by atoms with van der Waals surface area (Å²) in [6, 6.07) is 0. The van der Waals surface area contributed by atoms with E-state index in [2.05, 4.69) is 0 Å². The summed E-state index contributed by atoms with van der Waals surface area (Å²) in [6.45, 7) is 0. The van der Waals surface area contributed by atoms with Gasteiger partial charge in [-0.2, -0.15) is 0 Å². The van der Waals surface area contributed by atoms with Crippen LogP contribution in [0.5, 0.6) is 0 Å². The molecule has 0 heterocycles. The van der Waals surface area contributed by atoms with E-state index < -0.39 is 39.5 Å². The van der Waals surface area contributed by atoms with Crippen LogP contribution in [0.3, 0.4) is 0 Å². The van der Waals surface area contributed by atoms with Gasteiger partial charge in [0.25, 0.3) is 0 Å². The minimum atomic E-state index is -1.15. The Labute approximate surface area is 267 Å². The second-order valence-electron chi connectivity index (χ2n) is 15.0. The van der Waals surface area contributed by atoms with Crippen molar-refractivity contribution in [2.75, 3.05) is 0 Å². The van der Waals surface area contributed by atoms with Gasteiger partial charge >= 0.3 is 256 Å². The number of hydrogen-bond donors (Lipinski definition) is 0. The van der Waals surface area contributed by atoms with E-state index >= 15 is 0 Å². The van der Waals surface area contributed by atoms with Gasteiger partial charge in [-0.3, -0.25) is 0 Å². The maximum Gasteiger partial charge on any atom is -2.00 e. The summed E-state index contributed by atoms with van der Waals surface area (Å²) < 4.78 is 7.93. The second-order valence-corrected chi connectivity index (χ2v) is 34.7. The molecule has 39 heavy (non-hydrogen) atoms. The van der Waals surface area contributed by atoms with Crippen LogP contribution in [-0.2, 0) is 13.5 Å². The fourth-order valence-corrected chi connectivity index (χ4v) is 40.4. The van der Waals surface area contributed by atoms with Gasteiger partial charge in [0.15, 0.2) is 0 Å². The van der Waals surface area contributed by atoms with E-state index in [0.29, 0.717) is 0 Å². The molecule has 6 rings (SSSR count). The van der Waals surface area contributed by atoms with Crippen molar-refractivity contribution in [3.63, 3.8) is 0 Å². The third kappa shape index (κ3) is 10.5. The van der Waals surface area contributed by atoms with Crippen molar-refractivity contribution in [2.24, 2.45) is 0 Å². The summed E-state index contributed by atoms with van der Waals surface area (Å²) >= 11 is -2.30. The summed E-state index contributed by atoms with van der Waals surface area (Å²) in [4.78, 5) is 0. The van der Waals surface area contributed by atoms with Gasteiger partial charge < -0.3 is 13.5 Å². The SMILES string of the molecule is C1CC[CH]([Sn+]([CH]2CCCCC2)[CH]2CCCCC2)CC1.C1CC[CH]([Sn+]([CH]2CCCCC2)[CH]2CCCCC2)CC1.[S-2]. The zero-order valence-corrected chi connectivity index (χ0v) is 32.6. The van der Waals surface area contributed by atoms with Gasteiger partial charge in [0.2, 0.25) is 0 Å². The minimum Gasteiger partial charge on any atom is -2.00 e. The van der Waals surface area contributed by atoms with Crippen LogP contribution in [0.1, 0.15) is 193 Å². The molecule has 0 atom stereocenters. The van der Waals surface area contributed by atoms with Gasteiger partial charge in [-0.1, -0.05) is 0 Å². The summed E-state index contributed by atoms with van der Waals surface area (Å²) in [7, 11) is 0. The van der Waals surface area contributed by atoms with Crippen LogP contribution < -0.4 is 0 Å². The number of hydrogen-bond acceptors (Lipinski definition) is 0. The van der Waals surface area contributed by atoms with Crippen molar-refractivity contribution in [1.82, 2.24) is 0 Å². The molecule has 0 N–H and O–H groups in total. The van der Waals surface area contributed by atoms with Crippen LogP contribution in [0.4, 0.5) is 0 Å². The number of rotatable bonds is 6. The van der Waals surface area contributed by atoms with Crippen molar-refractivity contribution < 1.29 is 0 Å². The first-order valence-electron chi connectivity index (χ1n) is 18.6. The van der Waals surface area contributed by atoms with Crippen molar-refractivity contribution in [3.8, 4) is 0 Å². The molecule has 0 unspecified atom stereocenters. The molecule has 0 aromatic heterocycles. The molecule has 3 heteroatoms. The Morgan fingerprint density at radius 3 is 0.462 bits per heavy atom. The van der Waals surface area contributed by atoms with Crippen LogP contribution in [0.15, 0.2) is 0 Å². The van der Waals surface area contributed by atoms with E-state index in [9.17, 15) is 0 Å². The minimum absolute atomic E-state index is 0. The Bertz CT molecular complexity index is 464. The van der Waals surface area contributed by atoms with Crippen LogP contribution in [0.25, 0.3) is 0 Å². The summed E-state index contributed by atoms with van der Waals surface area (Å²) in [5.74, 6) is 0. The summed E-state index contributed by atoms with van der Waals surface area (Å²) in [6.07, 6.45) is 48.5. The van der Waals surface area contributed by atoms with Gasteiger partial charge in [0.05, 0.1) is 0 Å². The monoisotopic (exact) mass is 770 g/mol. The van der Waals surface area contributed by atoms with Gasteiger partial charge in [0, 0.05) is 0 Å². The Morgan fingerprint density at radius 2 is 0.333 bits per heavy atom. The van der Waals surface area contributed by atoms with Crippen molar-refractivity contribution in [3.05, 3.63) is 0 Å². The fraction of sp³-hybridized carbons (Fsp3) is 1.00. The molecule has 6 aliphatic rings. The smallest absolute Gasteiger partial charge is 2.00 e. The van der Waals surface area contributed by atoms with E-state index in [0.717, 1.165) is 0 Å². The predicted octanol–water partition coefficient (Wildman–Crippen LogP) is 13.0. The summed E-state index contributed by atoms with van der Waals surface area (Å²) in [5, 5.41) is 0. The molecule has 6 aliphatic carbocycles. The Morgan fingerprint density at radius 1 is 0.205 bits per heavy atom. The van der Waals surface area contributed by atoms with E-state index in [1.807, 2.05) is 0 Å². The molecule has 0 saturated heterocycles. The molecule has 0 bridgehead atoms. The van der Waals surface area contributed by atoms with E-state index in [1.165, 1.54) is 23.6 Å². The van der Waals surface area contributed by atoms with E-state index in [1.54, 1.807) is 193 Å². The summed E-state index contributed by atoms with van der Waals surface area (Å²) in [5.41, 5.74) is 0. The molecule has 224 valence electrons. The van der Waals surface area contributed by atoms with Gasteiger partial charge in [-0.25, -0.2) is 0 Å². The van der Waals surface area contributed by atoms with Crippen molar-refractivity contribution in [2.45, 2.75) is 216 Å². The molecule has 6 fully saturated rings. The van der Waals surface area contributed by atoms with Crippen LogP contribution in [-0.4, -0.2) is 39.5 Å². The van der Waals surface area contributed by atoms with Gasteiger partial charge in [-0.15, -0.1) is 0 Å². The molecule has 6 saturated carbocycles. The standard InChI is InChI=1S/6C6H11.S.2Sn/c6*1-2-4-6-5-3-1;;;/h6*1H,2-6H2;;;/q;;;;;;-2;2*+1. The molecule has 0 radical (unpaired) electrons. The molecule has 0 aliphatic heterocycles. The first-order chi connectivity index (χ1) is 18.9. The molecule has 0 aromatic rings. The maximum atomic E-state index is 1.67. The third-order valence-corrected chi connectivity index (χ3v) is 38.5. The fourth-order valence-electron chi connectivity index (χ4n) is 10.6.